The lowest BCUT2D eigenvalue weighted by Crippen LogP contribution is -2.21. The van der Waals surface area contributed by atoms with E-state index in [1.807, 2.05) is 6.07 Å². The van der Waals surface area contributed by atoms with Crippen molar-refractivity contribution in [2.45, 2.75) is 12.4 Å². The van der Waals surface area contributed by atoms with Crippen LogP contribution in [0.5, 0.6) is 0 Å². The summed E-state index contributed by atoms with van der Waals surface area (Å²) in [7, 11) is 0. The molecule has 0 atom stereocenters. The van der Waals surface area contributed by atoms with Gasteiger partial charge in [0.25, 0.3) is 5.91 Å². The van der Waals surface area contributed by atoms with Crippen LogP contribution in [0.25, 0.3) is 5.69 Å². The Morgan fingerprint density at radius 1 is 1.00 bits per heavy atom. The Morgan fingerprint density at radius 2 is 1.67 bits per heavy atom. The third kappa shape index (κ3) is 4.27. The Bertz CT molecular complexity index is 1120. The summed E-state index contributed by atoms with van der Waals surface area (Å²) >= 11 is 0. The maximum absolute atomic E-state index is 13.7. The van der Waals surface area contributed by atoms with E-state index in [0.717, 1.165) is 12.1 Å². The fraction of sp³-hybridized carbons (Fsp3) is 0.105. The SMILES string of the molecule is N#Cc1ccc(NC(=O)c2cnn(-c3cccc(C(F)(F)F)c3)c2C(F)(F)F)cc1. The summed E-state index contributed by atoms with van der Waals surface area (Å²) in [5.74, 6) is -1.16. The molecule has 0 saturated heterocycles. The molecule has 0 bridgehead atoms. The van der Waals surface area contributed by atoms with E-state index in [0.29, 0.717) is 18.3 Å². The van der Waals surface area contributed by atoms with Crippen LogP contribution in [-0.4, -0.2) is 15.7 Å². The molecule has 5 nitrogen and oxygen atoms in total. The van der Waals surface area contributed by atoms with Crippen molar-refractivity contribution in [2.75, 3.05) is 5.32 Å². The highest BCUT2D eigenvalue weighted by atomic mass is 19.4. The van der Waals surface area contributed by atoms with Crippen LogP contribution in [-0.2, 0) is 12.4 Å². The molecule has 3 rings (SSSR count). The van der Waals surface area contributed by atoms with Gasteiger partial charge in [-0.1, -0.05) is 6.07 Å². The molecule has 0 radical (unpaired) electrons. The Morgan fingerprint density at radius 3 is 2.23 bits per heavy atom. The van der Waals surface area contributed by atoms with Gasteiger partial charge in [0, 0.05) is 5.69 Å². The second-order valence-electron chi connectivity index (χ2n) is 6.01. The number of anilines is 1. The first kappa shape index (κ1) is 20.9. The average molecular weight is 424 g/mol. The topological polar surface area (TPSA) is 70.7 Å². The zero-order valence-electron chi connectivity index (χ0n) is 14.7. The van der Waals surface area contributed by atoms with Crippen molar-refractivity contribution in [1.29, 1.82) is 5.26 Å². The molecular weight excluding hydrogens is 414 g/mol. The van der Waals surface area contributed by atoms with E-state index in [1.54, 1.807) is 0 Å². The standard InChI is InChI=1S/C19H10F6N4O/c20-18(21,22)12-2-1-3-14(8-12)29-16(19(23,24)25)15(10-27-29)17(30)28-13-6-4-11(9-26)5-7-13/h1-8,10H,(H,28,30). The number of hydrogen-bond donors (Lipinski definition) is 1. The lowest BCUT2D eigenvalue weighted by Gasteiger charge is -2.14. The Kier molecular flexibility index (Phi) is 5.26. The van der Waals surface area contributed by atoms with Crippen LogP contribution < -0.4 is 5.32 Å². The molecule has 3 aromatic rings. The predicted octanol–water partition coefficient (Wildman–Crippen LogP) is 5.03. The van der Waals surface area contributed by atoms with Crippen molar-refractivity contribution in [2.24, 2.45) is 0 Å². The molecule has 0 fully saturated rings. The van der Waals surface area contributed by atoms with Crippen LogP contribution in [0.2, 0.25) is 0 Å². The second-order valence-corrected chi connectivity index (χ2v) is 6.01. The minimum atomic E-state index is -5.08. The number of halogens is 6. The van der Waals surface area contributed by atoms with Gasteiger partial charge in [-0.2, -0.15) is 36.7 Å². The normalized spacial score (nSPS) is 11.8. The van der Waals surface area contributed by atoms with E-state index in [4.69, 9.17) is 5.26 Å². The van der Waals surface area contributed by atoms with Crippen molar-refractivity contribution in [3.8, 4) is 11.8 Å². The van der Waals surface area contributed by atoms with E-state index in [2.05, 4.69) is 10.4 Å². The first-order valence-corrected chi connectivity index (χ1v) is 8.15. The second kappa shape index (κ2) is 7.55. The highest BCUT2D eigenvalue weighted by Crippen LogP contribution is 2.35. The maximum Gasteiger partial charge on any atom is 0.434 e. The molecular formula is C19H10F6N4O. The number of carbonyl (C=O) groups excluding carboxylic acids is 1. The average Bonchev–Trinajstić information content (AvgIpc) is 3.14. The molecule has 1 N–H and O–H groups in total. The number of benzene rings is 2. The molecule has 30 heavy (non-hydrogen) atoms. The van der Waals surface area contributed by atoms with Gasteiger partial charge >= 0.3 is 12.4 Å². The highest BCUT2D eigenvalue weighted by Gasteiger charge is 2.41. The summed E-state index contributed by atoms with van der Waals surface area (Å²) in [6, 6.07) is 10.4. The molecule has 0 aliphatic rings. The van der Waals surface area contributed by atoms with Crippen LogP contribution in [0.1, 0.15) is 27.2 Å². The van der Waals surface area contributed by atoms with Gasteiger partial charge in [-0.3, -0.25) is 4.79 Å². The minimum Gasteiger partial charge on any atom is -0.322 e. The van der Waals surface area contributed by atoms with Crippen LogP contribution in [0.15, 0.2) is 54.7 Å². The molecule has 0 saturated carbocycles. The van der Waals surface area contributed by atoms with E-state index in [-0.39, 0.29) is 15.9 Å². The summed E-state index contributed by atoms with van der Waals surface area (Å²) in [5.41, 5.74) is -3.65. The number of alkyl halides is 6. The summed E-state index contributed by atoms with van der Waals surface area (Å²) in [6.45, 7) is 0. The summed E-state index contributed by atoms with van der Waals surface area (Å²) in [6.07, 6.45) is -9.22. The molecule has 0 aliphatic heterocycles. The number of nitrogens with zero attached hydrogens (tertiary/aromatic N) is 3. The number of nitriles is 1. The Hall–Kier alpha value is -3.81. The van der Waals surface area contributed by atoms with Crippen molar-refractivity contribution >= 4 is 11.6 Å². The van der Waals surface area contributed by atoms with Crippen LogP contribution in [0.4, 0.5) is 32.0 Å². The number of rotatable bonds is 3. The largest absolute Gasteiger partial charge is 0.434 e. The number of hydrogen-bond acceptors (Lipinski definition) is 3. The number of carbonyl (C=O) groups is 1. The maximum atomic E-state index is 13.7. The van der Waals surface area contributed by atoms with Gasteiger partial charge < -0.3 is 5.32 Å². The summed E-state index contributed by atoms with van der Waals surface area (Å²) < 4.78 is 80.0. The Labute approximate surface area is 165 Å². The molecule has 0 spiro atoms. The monoisotopic (exact) mass is 424 g/mol. The van der Waals surface area contributed by atoms with Crippen molar-refractivity contribution in [1.82, 2.24) is 9.78 Å². The Balaban J connectivity index is 2.02. The lowest BCUT2D eigenvalue weighted by atomic mass is 10.1. The first-order valence-electron chi connectivity index (χ1n) is 8.15. The molecule has 0 unspecified atom stereocenters. The van der Waals surface area contributed by atoms with Gasteiger partial charge in [-0.25, -0.2) is 4.68 Å². The molecule has 0 aliphatic carbocycles. The molecule has 2 aromatic carbocycles. The van der Waals surface area contributed by atoms with Gasteiger partial charge in [-0.15, -0.1) is 0 Å². The van der Waals surface area contributed by atoms with Gasteiger partial charge in [0.15, 0.2) is 5.69 Å². The quantitative estimate of drug-likeness (QED) is 0.600. The van der Waals surface area contributed by atoms with Crippen molar-refractivity contribution < 1.29 is 31.1 Å². The van der Waals surface area contributed by atoms with Gasteiger partial charge in [-0.05, 0) is 42.5 Å². The van der Waals surface area contributed by atoms with Gasteiger partial charge in [0.05, 0.1) is 34.6 Å². The fourth-order valence-corrected chi connectivity index (χ4v) is 2.62. The van der Waals surface area contributed by atoms with Crippen molar-refractivity contribution in [3.05, 3.63) is 77.1 Å². The molecule has 1 amide bonds. The third-order valence-corrected chi connectivity index (χ3v) is 3.97. The van der Waals surface area contributed by atoms with Gasteiger partial charge in [0.1, 0.15) is 0 Å². The van der Waals surface area contributed by atoms with Gasteiger partial charge in [0.2, 0.25) is 0 Å². The van der Waals surface area contributed by atoms with Crippen LogP contribution in [0, 0.1) is 11.3 Å². The van der Waals surface area contributed by atoms with E-state index < -0.39 is 40.8 Å². The predicted molar refractivity (Wildman–Crippen MR) is 92.7 cm³/mol. The zero-order valence-corrected chi connectivity index (χ0v) is 14.7. The van der Waals surface area contributed by atoms with E-state index in [1.165, 1.54) is 24.3 Å². The lowest BCUT2D eigenvalue weighted by molar-refractivity contribution is -0.143. The summed E-state index contributed by atoms with van der Waals surface area (Å²) in [4.78, 5) is 12.4. The molecule has 1 heterocycles. The first-order chi connectivity index (χ1) is 14.0. The molecule has 154 valence electrons. The molecule has 11 heteroatoms. The number of aromatic nitrogens is 2. The van der Waals surface area contributed by atoms with Crippen LogP contribution in [0.3, 0.4) is 0 Å². The van der Waals surface area contributed by atoms with E-state index >= 15 is 0 Å². The fourth-order valence-electron chi connectivity index (χ4n) is 2.62. The zero-order chi connectivity index (χ0) is 22.1. The third-order valence-electron chi connectivity index (χ3n) is 3.97. The van der Waals surface area contributed by atoms with Crippen LogP contribution >= 0.6 is 0 Å². The summed E-state index contributed by atoms with van der Waals surface area (Å²) in [5, 5.41) is 14.5. The van der Waals surface area contributed by atoms with E-state index in [9.17, 15) is 31.1 Å². The number of amides is 1. The highest BCUT2D eigenvalue weighted by molar-refractivity contribution is 6.05. The minimum absolute atomic E-state index is 0.124. The number of nitrogens with one attached hydrogen (secondary N) is 1. The smallest absolute Gasteiger partial charge is 0.322 e. The molecule has 1 aromatic heterocycles. The van der Waals surface area contributed by atoms with Crippen molar-refractivity contribution in [3.63, 3.8) is 0 Å².